The van der Waals surface area contributed by atoms with Crippen LogP contribution in [0.25, 0.3) is 11.5 Å². The zero-order valence-corrected chi connectivity index (χ0v) is 12.2. The van der Waals surface area contributed by atoms with Crippen LogP contribution in [0, 0.1) is 6.92 Å². The second-order valence-electron chi connectivity index (χ2n) is 5.20. The molecule has 0 aromatic carbocycles. The Hall–Kier alpha value is -2.15. The van der Waals surface area contributed by atoms with Gasteiger partial charge in [0.2, 0.25) is 5.82 Å². The van der Waals surface area contributed by atoms with Crippen LogP contribution < -0.4 is 0 Å². The number of carbonyl (C=O) groups is 1. The number of nitrogens with zero attached hydrogens (tertiary/aromatic N) is 4. The van der Waals surface area contributed by atoms with Crippen LogP contribution in [0.4, 0.5) is 0 Å². The maximum absolute atomic E-state index is 12.3. The monoisotopic (exact) mass is 290 g/mol. The Morgan fingerprint density at radius 3 is 2.95 bits per heavy atom. The van der Waals surface area contributed by atoms with Crippen molar-refractivity contribution in [2.45, 2.75) is 40.0 Å². The highest BCUT2D eigenvalue weighted by Gasteiger charge is 2.33. The van der Waals surface area contributed by atoms with Gasteiger partial charge in [0.15, 0.2) is 5.76 Å². The van der Waals surface area contributed by atoms with Gasteiger partial charge in [-0.1, -0.05) is 18.5 Å². The van der Waals surface area contributed by atoms with E-state index < -0.39 is 0 Å². The minimum atomic E-state index is -0.175. The Kier molecular flexibility index (Phi) is 3.50. The molecule has 2 aromatic rings. The van der Waals surface area contributed by atoms with Gasteiger partial charge in [0.05, 0.1) is 12.3 Å². The van der Waals surface area contributed by atoms with Gasteiger partial charge in [0.25, 0.3) is 5.91 Å². The van der Waals surface area contributed by atoms with E-state index in [4.69, 9.17) is 9.63 Å². The Bertz CT molecular complexity index is 674. The number of amides is 1. The molecular formula is C14H18N4O3. The first kappa shape index (κ1) is 13.8. The first-order valence-corrected chi connectivity index (χ1v) is 7.09. The normalized spacial score (nSPS) is 14.0. The second-order valence-corrected chi connectivity index (χ2v) is 5.20. The topological polar surface area (TPSA) is 84.4 Å². The number of carbonyl (C=O) groups excluding carboxylic acids is 1. The average molecular weight is 290 g/mol. The fourth-order valence-electron chi connectivity index (χ4n) is 2.58. The van der Waals surface area contributed by atoms with Crippen LogP contribution >= 0.6 is 0 Å². The molecule has 0 aliphatic carbocycles. The summed E-state index contributed by atoms with van der Waals surface area (Å²) < 4.78 is 7.11. The molecule has 0 saturated heterocycles. The molecule has 0 unspecified atom stereocenters. The molecule has 0 bridgehead atoms. The Morgan fingerprint density at radius 1 is 1.48 bits per heavy atom. The molecular weight excluding hydrogens is 272 g/mol. The molecule has 2 aromatic heterocycles. The number of aliphatic hydroxyl groups excluding tert-OH is 1. The largest absolute Gasteiger partial charge is 0.390 e. The smallest absolute Gasteiger partial charge is 0.291 e. The third kappa shape index (κ3) is 2.23. The predicted molar refractivity (Wildman–Crippen MR) is 74.3 cm³/mol. The summed E-state index contributed by atoms with van der Waals surface area (Å²) in [5, 5.41) is 12.9. The van der Waals surface area contributed by atoms with Crippen LogP contribution in [0.1, 0.15) is 41.8 Å². The van der Waals surface area contributed by atoms with Gasteiger partial charge in [-0.2, -0.15) is 0 Å². The lowest BCUT2D eigenvalue weighted by molar-refractivity contribution is 0.0763. The number of aliphatic hydroxyl groups is 1. The maximum Gasteiger partial charge on any atom is 0.291 e. The van der Waals surface area contributed by atoms with Gasteiger partial charge in [-0.25, -0.2) is 4.98 Å². The molecule has 3 rings (SSSR count). The summed E-state index contributed by atoms with van der Waals surface area (Å²) in [5.74, 6) is 0.931. The highest BCUT2D eigenvalue weighted by Crippen LogP contribution is 2.29. The molecule has 1 aliphatic rings. The van der Waals surface area contributed by atoms with Gasteiger partial charge in [0.1, 0.15) is 18.1 Å². The van der Waals surface area contributed by atoms with Crippen molar-refractivity contribution in [1.82, 2.24) is 19.6 Å². The van der Waals surface area contributed by atoms with Crippen LogP contribution in [-0.2, 0) is 13.3 Å². The van der Waals surface area contributed by atoms with Crippen molar-refractivity contribution >= 4 is 5.91 Å². The number of rotatable bonds is 5. The Morgan fingerprint density at radius 2 is 2.29 bits per heavy atom. The fraction of sp³-hybridized carbons (Fsp3) is 0.500. The number of hydrogen-bond acceptors (Lipinski definition) is 5. The van der Waals surface area contributed by atoms with Gasteiger partial charge in [-0.05, 0) is 13.3 Å². The lowest BCUT2D eigenvalue weighted by atomic mass is 10.2. The molecule has 112 valence electrons. The van der Waals surface area contributed by atoms with Gasteiger partial charge < -0.3 is 14.5 Å². The molecule has 7 nitrogen and oxygen atoms in total. The highest BCUT2D eigenvalue weighted by molar-refractivity contribution is 5.93. The number of imidazole rings is 1. The molecule has 1 amide bonds. The van der Waals surface area contributed by atoms with Crippen molar-refractivity contribution in [1.29, 1.82) is 0 Å². The molecule has 7 heteroatoms. The van der Waals surface area contributed by atoms with Gasteiger partial charge in [-0.15, -0.1) is 0 Å². The van der Waals surface area contributed by atoms with Crippen LogP contribution in [0.2, 0.25) is 0 Å². The van der Waals surface area contributed by atoms with Crippen LogP contribution in [-0.4, -0.2) is 37.2 Å². The number of unbranched alkanes of at least 4 members (excludes halogenated alkanes) is 1. The van der Waals surface area contributed by atoms with Crippen molar-refractivity contribution in [3.63, 3.8) is 0 Å². The summed E-state index contributed by atoms with van der Waals surface area (Å²) in [4.78, 5) is 18.5. The van der Waals surface area contributed by atoms with E-state index in [9.17, 15) is 4.79 Å². The molecule has 1 aliphatic heterocycles. The number of aryl methyl sites for hydroxylation is 1. The molecule has 21 heavy (non-hydrogen) atoms. The van der Waals surface area contributed by atoms with E-state index in [0.29, 0.717) is 23.9 Å². The third-order valence-corrected chi connectivity index (χ3v) is 3.67. The van der Waals surface area contributed by atoms with Crippen molar-refractivity contribution < 1.29 is 14.4 Å². The van der Waals surface area contributed by atoms with Crippen molar-refractivity contribution in [3.05, 3.63) is 23.3 Å². The molecule has 0 fully saturated rings. The minimum absolute atomic E-state index is 0.0419. The standard InChI is InChI=1S/C14H18N4O3/c1-3-4-5-17-8-18-12(9(2)15-13(18)14(17)20)11-6-10(7-19)16-21-11/h6,19H,3-5,7-8H2,1-2H3. The lowest BCUT2D eigenvalue weighted by Gasteiger charge is -2.14. The highest BCUT2D eigenvalue weighted by atomic mass is 16.5. The maximum atomic E-state index is 12.3. The van der Waals surface area contributed by atoms with E-state index in [2.05, 4.69) is 17.1 Å². The van der Waals surface area contributed by atoms with Gasteiger partial charge in [0, 0.05) is 12.6 Å². The van der Waals surface area contributed by atoms with Crippen molar-refractivity contribution in [2.24, 2.45) is 0 Å². The zero-order valence-electron chi connectivity index (χ0n) is 12.2. The quantitative estimate of drug-likeness (QED) is 0.903. The number of fused-ring (bicyclic) bond motifs is 1. The van der Waals surface area contributed by atoms with Crippen LogP contribution in [0.3, 0.4) is 0 Å². The van der Waals surface area contributed by atoms with E-state index in [-0.39, 0.29) is 12.5 Å². The fourth-order valence-corrected chi connectivity index (χ4v) is 2.58. The van der Waals surface area contributed by atoms with Crippen LogP contribution in [0.5, 0.6) is 0 Å². The summed E-state index contributed by atoms with van der Waals surface area (Å²) in [7, 11) is 0. The molecule has 0 saturated carbocycles. The Labute approximate surface area is 122 Å². The summed E-state index contributed by atoms with van der Waals surface area (Å²) >= 11 is 0. The van der Waals surface area contributed by atoms with E-state index in [1.165, 1.54) is 0 Å². The SMILES string of the molecule is CCCCN1Cn2c(nc(C)c2-c2cc(CO)no2)C1=O. The van der Waals surface area contributed by atoms with Crippen molar-refractivity contribution in [2.75, 3.05) is 6.54 Å². The summed E-state index contributed by atoms with van der Waals surface area (Å²) in [6.07, 6.45) is 2.02. The van der Waals surface area contributed by atoms with Crippen LogP contribution in [0.15, 0.2) is 10.6 Å². The first-order chi connectivity index (χ1) is 10.2. The van der Waals surface area contributed by atoms with Gasteiger partial charge >= 0.3 is 0 Å². The van der Waals surface area contributed by atoms with E-state index in [1.54, 1.807) is 11.0 Å². The first-order valence-electron chi connectivity index (χ1n) is 7.09. The summed E-state index contributed by atoms with van der Waals surface area (Å²) in [5.41, 5.74) is 1.95. The molecule has 1 N–H and O–H groups in total. The molecule has 0 atom stereocenters. The molecule has 0 radical (unpaired) electrons. The number of aromatic nitrogens is 3. The Balaban J connectivity index is 1.95. The third-order valence-electron chi connectivity index (χ3n) is 3.67. The van der Waals surface area contributed by atoms with E-state index in [0.717, 1.165) is 30.8 Å². The predicted octanol–water partition coefficient (Wildman–Crippen LogP) is 1.55. The summed E-state index contributed by atoms with van der Waals surface area (Å²) in [6.45, 7) is 4.98. The number of hydrogen-bond donors (Lipinski definition) is 1. The van der Waals surface area contributed by atoms with Crippen molar-refractivity contribution in [3.8, 4) is 11.5 Å². The minimum Gasteiger partial charge on any atom is -0.390 e. The van der Waals surface area contributed by atoms with E-state index in [1.807, 2.05) is 11.5 Å². The second kappa shape index (κ2) is 5.33. The average Bonchev–Trinajstić information content (AvgIpc) is 3.13. The van der Waals surface area contributed by atoms with E-state index >= 15 is 0 Å². The molecule has 0 spiro atoms. The summed E-state index contributed by atoms with van der Waals surface area (Å²) in [6, 6.07) is 1.68. The zero-order chi connectivity index (χ0) is 15.0. The van der Waals surface area contributed by atoms with Gasteiger partial charge in [-0.3, -0.25) is 9.36 Å². The lowest BCUT2D eigenvalue weighted by Crippen LogP contribution is -2.26. The molecule has 3 heterocycles.